The van der Waals surface area contributed by atoms with Gasteiger partial charge in [0.1, 0.15) is 13.2 Å². The molecular formula is C20H20N2O3. The molecule has 0 spiro atoms. The summed E-state index contributed by atoms with van der Waals surface area (Å²) in [5.41, 5.74) is 2.83. The monoisotopic (exact) mass is 336 g/mol. The second-order valence-electron chi connectivity index (χ2n) is 6.09. The highest BCUT2D eigenvalue weighted by Gasteiger charge is 2.15. The highest BCUT2D eigenvalue weighted by Crippen LogP contribution is 2.30. The van der Waals surface area contributed by atoms with Crippen molar-refractivity contribution >= 4 is 11.6 Å². The van der Waals surface area contributed by atoms with Crippen molar-refractivity contribution in [2.45, 2.75) is 6.54 Å². The molecule has 0 saturated carbocycles. The second kappa shape index (κ2) is 6.89. The second-order valence-corrected chi connectivity index (χ2v) is 6.09. The number of benzene rings is 2. The van der Waals surface area contributed by atoms with Gasteiger partial charge in [-0.05, 0) is 35.9 Å². The maximum absolute atomic E-state index is 12.4. The van der Waals surface area contributed by atoms with Crippen molar-refractivity contribution < 1.29 is 14.3 Å². The lowest BCUT2D eigenvalue weighted by atomic mass is 10.1. The fraction of sp³-hybridized carbons (Fsp3) is 0.250. The number of anilines is 1. The largest absolute Gasteiger partial charge is 0.486 e. The maximum Gasteiger partial charge on any atom is 0.251 e. The number of rotatable bonds is 4. The molecule has 2 heterocycles. The zero-order chi connectivity index (χ0) is 17.1. The summed E-state index contributed by atoms with van der Waals surface area (Å²) in [7, 11) is 0. The SMILES string of the molecule is O=C(NCc1cccc(N2CC=CC2)c1)c1ccc2c(c1)OCCO2. The number of carbonyl (C=O) groups excluding carboxylic acids is 1. The lowest BCUT2D eigenvalue weighted by Crippen LogP contribution is -2.24. The van der Waals surface area contributed by atoms with Crippen LogP contribution in [-0.2, 0) is 6.54 Å². The Bertz CT molecular complexity index is 808. The van der Waals surface area contributed by atoms with Crippen molar-refractivity contribution in [2.75, 3.05) is 31.2 Å². The summed E-state index contributed by atoms with van der Waals surface area (Å²) in [5.74, 6) is 1.20. The van der Waals surface area contributed by atoms with Gasteiger partial charge in [-0.2, -0.15) is 0 Å². The summed E-state index contributed by atoms with van der Waals surface area (Å²) in [6.45, 7) is 3.42. The summed E-state index contributed by atoms with van der Waals surface area (Å²) in [5, 5.41) is 2.97. The van der Waals surface area contributed by atoms with Crippen LogP contribution in [0, 0.1) is 0 Å². The van der Waals surface area contributed by atoms with Gasteiger partial charge in [-0.1, -0.05) is 24.3 Å². The quantitative estimate of drug-likeness (QED) is 0.873. The molecule has 0 unspecified atom stereocenters. The predicted octanol–water partition coefficient (Wildman–Crippen LogP) is 2.76. The van der Waals surface area contributed by atoms with E-state index in [1.165, 1.54) is 5.69 Å². The van der Waals surface area contributed by atoms with Crippen molar-refractivity contribution in [1.29, 1.82) is 0 Å². The smallest absolute Gasteiger partial charge is 0.251 e. The van der Waals surface area contributed by atoms with E-state index in [1.54, 1.807) is 18.2 Å². The molecule has 2 aliphatic rings. The summed E-state index contributed by atoms with van der Waals surface area (Å²) >= 11 is 0. The molecule has 0 bridgehead atoms. The van der Waals surface area contributed by atoms with E-state index in [0.717, 1.165) is 18.7 Å². The maximum atomic E-state index is 12.4. The average Bonchev–Trinajstić information content (AvgIpc) is 3.21. The molecule has 2 aromatic carbocycles. The van der Waals surface area contributed by atoms with Crippen LogP contribution in [0.15, 0.2) is 54.6 Å². The Hall–Kier alpha value is -2.95. The third kappa shape index (κ3) is 3.45. The molecule has 0 aliphatic carbocycles. The van der Waals surface area contributed by atoms with Crippen LogP contribution < -0.4 is 19.7 Å². The number of nitrogens with zero attached hydrogens (tertiary/aromatic N) is 1. The predicted molar refractivity (Wildman–Crippen MR) is 96.4 cm³/mol. The number of hydrogen-bond acceptors (Lipinski definition) is 4. The molecule has 0 aromatic heterocycles. The van der Waals surface area contributed by atoms with Crippen LogP contribution in [0.2, 0.25) is 0 Å². The fourth-order valence-electron chi connectivity index (χ4n) is 3.02. The van der Waals surface area contributed by atoms with Gasteiger partial charge in [-0.3, -0.25) is 4.79 Å². The van der Waals surface area contributed by atoms with Gasteiger partial charge in [0.15, 0.2) is 11.5 Å². The van der Waals surface area contributed by atoms with Crippen molar-refractivity contribution in [1.82, 2.24) is 5.32 Å². The van der Waals surface area contributed by atoms with Crippen molar-refractivity contribution in [3.8, 4) is 11.5 Å². The molecule has 0 fully saturated rings. The number of carbonyl (C=O) groups is 1. The molecule has 128 valence electrons. The number of nitrogens with one attached hydrogen (secondary N) is 1. The first-order valence-electron chi connectivity index (χ1n) is 8.46. The lowest BCUT2D eigenvalue weighted by Gasteiger charge is -2.19. The van der Waals surface area contributed by atoms with E-state index >= 15 is 0 Å². The number of ether oxygens (including phenoxy) is 2. The Morgan fingerprint density at radius 1 is 1.00 bits per heavy atom. The summed E-state index contributed by atoms with van der Waals surface area (Å²) in [6.07, 6.45) is 4.33. The molecule has 25 heavy (non-hydrogen) atoms. The third-order valence-electron chi connectivity index (χ3n) is 4.35. The zero-order valence-corrected chi connectivity index (χ0v) is 13.9. The minimum atomic E-state index is -0.120. The van der Waals surface area contributed by atoms with Gasteiger partial charge < -0.3 is 19.7 Å². The minimum Gasteiger partial charge on any atom is -0.486 e. The summed E-state index contributed by atoms with van der Waals surface area (Å²) < 4.78 is 11.0. The number of hydrogen-bond donors (Lipinski definition) is 1. The van der Waals surface area contributed by atoms with E-state index in [1.807, 2.05) is 12.1 Å². The molecule has 5 heteroatoms. The molecule has 4 rings (SSSR count). The van der Waals surface area contributed by atoms with Gasteiger partial charge in [0.05, 0.1) is 0 Å². The van der Waals surface area contributed by atoms with Gasteiger partial charge in [-0.15, -0.1) is 0 Å². The number of fused-ring (bicyclic) bond motifs is 1. The minimum absolute atomic E-state index is 0.120. The first-order chi connectivity index (χ1) is 12.3. The van der Waals surface area contributed by atoms with E-state index in [4.69, 9.17) is 9.47 Å². The lowest BCUT2D eigenvalue weighted by molar-refractivity contribution is 0.0949. The standard InChI is InChI=1S/C20H20N2O3/c23-20(16-6-7-18-19(13-16)25-11-10-24-18)21-14-15-4-3-5-17(12-15)22-8-1-2-9-22/h1-7,12-13H,8-11,14H2,(H,21,23). The van der Waals surface area contributed by atoms with Crippen LogP contribution in [0.5, 0.6) is 11.5 Å². The number of amides is 1. The Morgan fingerprint density at radius 3 is 2.64 bits per heavy atom. The van der Waals surface area contributed by atoms with Crippen molar-refractivity contribution in [3.05, 3.63) is 65.7 Å². The van der Waals surface area contributed by atoms with Gasteiger partial charge in [0.2, 0.25) is 0 Å². The Morgan fingerprint density at radius 2 is 1.80 bits per heavy atom. The molecule has 5 nitrogen and oxygen atoms in total. The van der Waals surface area contributed by atoms with E-state index in [2.05, 4.69) is 34.5 Å². The first kappa shape index (κ1) is 15.6. The zero-order valence-electron chi connectivity index (χ0n) is 13.9. The molecule has 1 N–H and O–H groups in total. The topological polar surface area (TPSA) is 50.8 Å². The van der Waals surface area contributed by atoms with Crippen molar-refractivity contribution in [3.63, 3.8) is 0 Å². The third-order valence-corrected chi connectivity index (χ3v) is 4.35. The Kier molecular flexibility index (Phi) is 4.29. The van der Waals surface area contributed by atoms with Crippen LogP contribution in [0.4, 0.5) is 5.69 Å². The van der Waals surface area contributed by atoms with Crippen LogP contribution in [-0.4, -0.2) is 32.2 Å². The molecule has 0 radical (unpaired) electrons. The van der Waals surface area contributed by atoms with E-state index < -0.39 is 0 Å². The van der Waals surface area contributed by atoms with E-state index in [-0.39, 0.29) is 5.91 Å². The summed E-state index contributed by atoms with van der Waals surface area (Å²) in [6, 6.07) is 13.5. The molecular weight excluding hydrogens is 316 g/mol. The average molecular weight is 336 g/mol. The molecule has 1 amide bonds. The summed E-state index contributed by atoms with van der Waals surface area (Å²) in [4.78, 5) is 14.7. The van der Waals surface area contributed by atoms with E-state index in [0.29, 0.717) is 36.8 Å². The van der Waals surface area contributed by atoms with Crippen LogP contribution in [0.1, 0.15) is 15.9 Å². The van der Waals surface area contributed by atoms with Gasteiger partial charge in [-0.25, -0.2) is 0 Å². The van der Waals surface area contributed by atoms with Crippen molar-refractivity contribution in [2.24, 2.45) is 0 Å². The Balaban J connectivity index is 1.41. The first-order valence-corrected chi connectivity index (χ1v) is 8.46. The van der Waals surface area contributed by atoms with Gasteiger partial charge in [0.25, 0.3) is 5.91 Å². The Labute approximate surface area is 146 Å². The highest BCUT2D eigenvalue weighted by atomic mass is 16.6. The van der Waals surface area contributed by atoms with Gasteiger partial charge in [0, 0.05) is 30.9 Å². The van der Waals surface area contributed by atoms with E-state index in [9.17, 15) is 4.79 Å². The highest BCUT2D eigenvalue weighted by molar-refractivity contribution is 5.94. The van der Waals surface area contributed by atoms with Crippen LogP contribution in [0.25, 0.3) is 0 Å². The van der Waals surface area contributed by atoms with Gasteiger partial charge >= 0.3 is 0 Å². The van der Waals surface area contributed by atoms with Crippen LogP contribution >= 0.6 is 0 Å². The van der Waals surface area contributed by atoms with Crippen LogP contribution in [0.3, 0.4) is 0 Å². The molecule has 2 aliphatic heterocycles. The fourth-order valence-corrected chi connectivity index (χ4v) is 3.02. The molecule has 2 aromatic rings. The normalized spacial score (nSPS) is 15.3. The molecule has 0 saturated heterocycles. The molecule has 0 atom stereocenters.